The van der Waals surface area contributed by atoms with E-state index in [1.165, 1.54) is 0 Å². The number of fused-ring (bicyclic) bond motifs is 1. The van der Waals surface area contributed by atoms with E-state index in [4.69, 9.17) is 9.29 Å². The molecule has 10 heteroatoms. The van der Waals surface area contributed by atoms with E-state index >= 15 is 0 Å². The van der Waals surface area contributed by atoms with Crippen LogP contribution in [0.3, 0.4) is 0 Å². The van der Waals surface area contributed by atoms with E-state index in [1.54, 1.807) is 0 Å². The van der Waals surface area contributed by atoms with Gasteiger partial charge in [0, 0.05) is 11.8 Å². The summed E-state index contributed by atoms with van der Waals surface area (Å²) in [5.41, 5.74) is 0. The van der Waals surface area contributed by atoms with Gasteiger partial charge in [0.1, 0.15) is 12.2 Å². The standard InChI is InChI=1S/C10H10F2O7S.C6H6/c11-10(12,20(15,16)17)9(14)19-6-3-1-4-5(2-3)8(13)18-7(4)6;1-2-4-6-5-3-1/h3-7H,1-2H2,(H,15,16,17);1-6H. The van der Waals surface area contributed by atoms with Crippen molar-refractivity contribution in [2.75, 3.05) is 0 Å². The van der Waals surface area contributed by atoms with Crippen LogP contribution in [0.5, 0.6) is 0 Å². The van der Waals surface area contributed by atoms with Gasteiger partial charge in [-0.15, -0.1) is 0 Å². The van der Waals surface area contributed by atoms with Gasteiger partial charge in [-0.05, 0) is 12.8 Å². The summed E-state index contributed by atoms with van der Waals surface area (Å²) in [6.07, 6.45) is -0.999. The molecule has 1 aromatic carbocycles. The van der Waals surface area contributed by atoms with E-state index in [2.05, 4.69) is 4.74 Å². The molecule has 1 heterocycles. The zero-order valence-electron chi connectivity index (χ0n) is 13.3. The van der Waals surface area contributed by atoms with Gasteiger partial charge >= 0.3 is 27.3 Å². The first-order chi connectivity index (χ1) is 12.1. The molecule has 1 aromatic rings. The smallest absolute Gasteiger partial charge is 0.458 e. The van der Waals surface area contributed by atoms with Gasteiger partial charge in [0.15, 0.2) is 0 Å². The number of halogens is 2. The Bertz CT molecular complexity index is 769. The highest BCUT2D eigenvalue weighted by Crippen LogP contribution is 2.55. The SMILES string of the molecule is O=C1OC2C3CC(CC13)C2OC(=O)C(F)(F)S(=O)(=O)O.c1ccccc1. The van der Waals surface area contributed by atoms with Crippen LogP contribution in [0.1, 0.15) is 12.8 Å². The number of benzene rings is 1. The maximum atomic E-state index is 13.1. The Morgan fingerprint density at radius 1 is 1.15 bits per heavy atom. The topological polar surface area (TPSA) is 107 Å². The van der Waals surface area contributed by atoms with Crippen molar-refractivity contribution in [1.82, 2.24) is 0 Å². The van der Waals surface area contributed by atoms with Crippen LogP contribution in [0, 0.1) is 17.8 Å². The maximum Gasteiger partial charge on any atom is 0.465 e. The van der Waals surface area contributed by atoms with Gasteiger partial charge < -0.3 is 9.47 Å². The van der Waals surface area contributed by atoms with Gasteiger partial charge in [-0.1, -0.05) is 36.4 Å². The Labute approximate surface area is 148 Å². The molecule has 1 saturated heterocycles. The number of esters is 2. The predicted molar refractivity (Wildman–Crippen MR) is 82.4 cm³/mol. The fourth-order valence-corrected chi connectivity index (χ4v) is 4.01. The molecule has 7 nitrogen and oxygen atoms in total. The second-order valence-electron chi connectivity index (χ2n) is 6.42. The highest BCUT2D eigenvalue weighted by Gasteiger charge is 2.65. The van der Waals surface area contributed by atoms with E-state index in [-0.39, 0.29) is 17.8 Å². The third-order valence-electron chi connectivity index (χ3n) is 4.89. The minimum absolute atomic E-state index is 0.176. The minimum atomic E-state index is -5.90. The molecular weight excluding hydrogens is 374 g/mol. The average molecular weight is 390 g/mol. The van der Waals surface area contributed by atoms with Crippen LogP contribution in [0.2, 0.25) is 0 Å². The van der Waals surface area contributed by atoms with Gasteiger partial charge in [-0.25, -0.2) is 4.79 Å². The summed E-state index contributed by atoms with van der Waals surface area (Å²) in [6, 6.07) is 12.0. The highest BCUT2D eigenvalue weighted by atomic mass is 32.2. The molecule has 2 aliphatic carbocycles. The minimum Gasteiger partial charge on any atom is -0.458 e. The lowest BCUT2D eigenvalue weighted by atomic mass is 9.88. The first kappa shape index (κ1) is 18.7. The van der Waals surface area contributed by atoms with Gasteiger partial charge in [0.05, 0.1) is 5.92 Å². The Balaban J connectivity index is 0.000000278. The van der Waals surface area contributed by atoms with Gasteiger partial charge in [-0.2, -0.15) is 17.2 Å². The zero-order chi connectivity index (χ0) is 19.1. The van der Waals surface area contributed by atoms with E-state index in [1.807, 2.05) is 36.4 Å². The van der Waals surface area contributed by atoms with Crippen LogP contribution >= 0.6 is 0 Å². The van der Waals surface area contributed by atoms with E-state index < -0.39 is 39.5 Å². The quantitative estimate of drug-likeness (QED) is 0.618. The second kappa shape index (κ2) is 6.58. The summed E-state index contributed by atoms with van der Waals surface area (Å²) >= 11 is 0. The van der Waals surface area contributed by atoms with Gasteiger partial charge in [-0.3, -0.25) is 9.35 Å². The molecule has 5 atom stereocenters. The Kier molecular flexibility index (Phi) is 4.74. The zero-order valence-corrected chi connectivity index (χ0v) is 14.1. The lowest BCUT2D eigenvalue weighted by molar-refractivity contribution is -0.176. The van der Waals surface area contributed by atoms with Crippen LogP contribution in [0.15, 0.2) is 36.4 Å². The highest BCUT2D eigenvalue weighted by molar-refractivity contribution is 7.87. The number of hydrogen-bond acceptors (Lipinski definition) is 6. The molecule has 142 valence electrons. The fraction of sp³-hybridized carbons (Fsp3) is 0.500. The van der Waals surface area contributed by atoms with Crippen molar-refractivity contribution >= 4 is 22.1 Å². The summed E-state index contributed by atoms with van der Waals surface area (Å²) in [5.74, 6) is -3.56. The molecule has 0 amide bonds. The summed E-state index contributed by atoms with van der Waals surface area (Å²) in [6.45, 7) is 0. The molecule has 0 spiro atoms. The summed E-state index contributed by atoms with van der Waals surface area (Å²) in [4.78, 5) is 22.7. The van der Waals surface area contributed by atoms with Crippen molar-refractivity contribution in [2.45, 2.75) is 30.3 Å². The third-order valence-corrected chi connectivity index (χ3v) is 5.70. The molecule has 2 bridgehead atoms. The molecule has 5 unspecified atom stereocenters. The molecule has 2 saturated carbocycles. The van der Waals surface area contributed by atoms with Crippen molar-refractivity contribution in [3.8, 4) is 0 Å². The number of carbonyl (C=O) groups is 2. The molecule has 3 aliphatic rings. The molecule has 26 heavy (non-hydrogen) atoms. The van der Waals surface area contributed by atoms with Crippen LogP contribution in [0.25, 0.3) is 0 Å². The van der Waals surface area contributed by atoms with Crippen molar-refractivity contribution < 1.29 is 40.8 Å². The Hall–Kier alpha value is -2.07. The molecule has 4 rings (SSSR count). The molecule has 1 aliphatic heterocycles. The normalized spacial score (nSPS) is 31.8. The first-order valence-corrected chi connectivity index (χ1v) is 9.33. The van der Waals surface area contributed by atoms with Crippen molar-refractivity contribution in [3.63, 3.8) is 0 Å². The molecule has 0 radical (unpaired) electrons. The first-order valence-electron chi connectivity index (χ1n) is 7.89. The second-order valence-corrected chi connectivity index (χ2v) is 7.88. The van der Waals surface area contributed by atoms with Crippen LogP contribution in [0.4, 0.5) is 8.78 Å². The van der Waals surface area contributed by atoms with E-state index in [0.29, 0.717) is 12.8 Å². The van der Waals surface area contributed by atoms with Crippen molar-refractivity contribution in [1.29, 1.82) is 0 Å². The number of hydrogen-bond donors (Lipinski definition) is 1. The maximum absolute atomic E-state index is 13.1. The number of rotatable bonds is 3. The van der Waals surface area contributed by atoms with Crippen LogP contribution < -0.4 is 0 Å². The third kappa shape index (κ3) is 3.18. The predicted octanol–water partition coefficient (Wildman–Crippen LogP) is 1.65. The number of alkyl halides is 2. The van der Waals surface area contributed by atoms with Gasteiger partial charge in [0.2, 0.25) is 0 Å². The lowest BCUT2D eigenvalue weighted by Gasteiger charge is -2.26. The summed E-state index contributed by atoms with van der Waals surface area (Å²) in [5, 5.41) is -5.03. The molecule has 1 N–H and O–H groups in total. The molecule has 3 fully saturated rings. The largest absolute Gasteiger partial charge is 0.465 e. The van der Waals surface area contributed by atoms with E-state index in [0.717, 1.165) is 0 Å². The Morgan fingerprint density at radius 2 is 1.69 bits per heavy atom. The summed E-state index contributed by atoms with van der Waals surface area (Å²) in [7, 11) is -5.90. The fourth-order valence-electron chi connectivity index (χ4n) is 3.75. The molecule has 0 aromatic heterocycles. The van der Waals surface area contributed by atoms with Crippen molar-refractivity contribution in [3.05, 3.63) is 36.4 Å². The van der Waals surface area contributed by atoms with Crippen LogP contribution in [-0.4, -0.2) is 42.4 Å². The van der Waals surface area contributed by atoms with Crippen molar-refractivity contribution in [2.24, 2.45) is 17.8 Å². The average Bonchev–Trinajstić information content (AvgIpc) is 3.21. The summed E-state index contributed by atoms with van der Waals surface area (Å²) < 4.78 is 65.0. The number of ether oxygens (including phenoxy) is 2. The lowest BCUT2D eigenvalue weighted by Crippen LogP contribution is -2.44. The number of carbonyl (C=O) groups excluding carboxylic acids is 2. The Morgan fingerprint density at radius 3 is 2.19 bits per heavy atom. The molecular formula is C16H16F2O7S. The van der Waals surface area contributed by atoms with Gasteiger partial charge in [0.25, 0.3) is 0 Å². The van der Waals surface area contributed by atoms with Crippen LogP contribution in [-0.2, 0) is 29.2 Å². The van der Waals surface area contributed by atoms with E-state index in [9.17, 15) is 26.8 Å². The monoisotopic (exact) mass is 390 g/mol.